The molecule has 404 valence electrons. The number of carbonyl (C=O) groups excluding carboxylic acids is 2. The van der Waals surface area contributed by atoms with E-state index >= 15 is 0 Å². The zero-order valence-electron chi connectivity index (χ0n) is 44.9. The van der Waals surface area contributed by atoms with E-state index in [0.717, 1.165) is 116 Å². The fourth-order valence-corrected chi connectivity index (χ4v) is 7.98. The lowest BCUT2D eigenvalue weighted by molar-refractivity contribution is -0.161. The van der Waals surface area contributed by atoms with Gasteiger partial charge in [-0.3, -0.25) is 18.6 Å². The van der Waals surface area contributed by atoms with Gasteiger partial charge in [-0.2, -0.15) is 0 Å². The Hall–Kier alpha value is -3.59. The van der Waals surface area contributed by atoms with Gasteiger partial charge < -0.3 is 20.1 Å². The van der Waals surface area contributed by atoms with Crippen molar-refractivity contribution in [1.29, 1.82) is 0 Å². The smallest absolute Gasteiger partial charge is 0.462 e. The Kier molecular flexibility index (Phi) is 52.9. The molecule has 71 heavy (non-hydrogen) atoms. The number of hydrogen-bond acceptors (Lipinski definition) is 8. The van der Waals surface area contributed by atoms with Crippen molar-refractivity contribution in [2.75, 3.05) is 26.4 Å². The minimum atomic E-state index is -4.40. The number of rotatable bonds is 51. The van der Waals surface area contributed by atoms with E-state index in [1.807, 2.05) is 0 Å². The first-order valence-electron chi connectivity index (χ1n) is 28.0. The number of nitrogens with two attached hydrogens (primary N) is 1. The summed E-state index contributed by atoms with van der Waals surface area (Å²) in [6.45, 7) is 3.57. The van der Waals surface area contributed by atoms with Crippen molar-refractivity contribution < 1.29 is 37.6 Å². The van der Waals surface area contributed by atoms with Gasteiger partial charge in [0.2, 0.25) is 0 Å². The van der Waals surface area contributed by atoms with Gasteiger partial charge in [0.25, 0.3) is 0 Å². The molecule has 0 bridgehead atoms. The third-order valence-corrected chi connectivity index (χ3v) is 12.3. The summed E-state index contributed by atoms with van der Waals surface area (Å²) in [7, 11) is -4.40. The second-order valence-corrected chi connectivity index (χ2v) is 19.5. The molecule has 10 heteroatoms. The highest BCUT2D eigenvalue weighted by Crippen LogP contribution is 2.43. The first kappa shape index (κ1) is 67.4. The van der Waals surface area contributed by atoms with Crippen LogP contribution in [0.25, 0.3) is 0 Å². The van der Waals surface area contributed by atoms with Gasteiger partial charge in [-0.05, 0) is 109 Å². The van der Waals surface area contributed by atoms with Crippen LogP contribution in [0.5, 0.6) is 0 Å². The standard InChI is InChI=1S/C61H102NO8P/c1-3-5-7-9-11-13-15-17-19-21-22-23-24-25-26-27-28-29-30-31-32-33-34-35-36-38-40-42-44-46-48-50-52-54-61(64)70-59(58-69-71(65,66)68-56-55-62)57-67-60(63)53-51-49-47-45-43-41-39-37-20-18-16-14-12-10-8-6-4-2/h5,7,11-14,17-20,22-23,25-26,28-29,31-32,34-35,59H,3-4,6,8-10,15-16,21,24,27,30,33,36-58,62H2,1-2H3,(H,65,66)/b7-5-,13-11-,14-12-,19-17-,20-18-,23-22-,26-25-,29-28-,32-31-,35-34-. The first-order chi connectivity index (χ1) is 34.8. The second kappa shape index (κ2) is 55.7. The summed E-state index contributed by atoms with van der Waals surface area (Å²) < 4.78 is 33.0. The van der Waals surface area contributed by atoms with Crippen LogP contribution in [0.1, 0.15) is 219 Å². The van der Waals surface area contributed by atoms with Crippen molar-refractivity contribution in [3.8, 4) is 0 Å². The van der Waals surface area contributed by atoms with Gasteiger partial charge in [-0.15, -0.1) is 0 Å². The van der Waals surface area contributed by atoms with Crippen LogP contribution >= 0.6 is 7.82 Å². The lowest BCUT2D eigenvalue weighted by atomic mass is 10.1. The molecule has 0 spiro atoms. The summed E-state index contributed by atoms with van der Waals surface area (Å²) in [6.07, 6.45) is 76.7. The molecule has 0 radical (unpaired) electrons. The molecule has 0 rings (SSSR count). The molecule has 0 heterocycles. The van der Waals surface area contributed by atoms with Gasteiger partial charge in [0.15, 0.2) is 6.10 Å². The number of unbranched alkanes of at least 4 members (excludes halogenated alkanes) is 18. The Morgan fingerprint density at radius 1 is 0.437 bits per heavy atom. The van der Waals surface area contributed by atoms with E-state index in [1.165, 1.54) is 70.6 Å². The van der Waals surface area contributed by atoms with E-state index in [9.17, 15) is 19.0 Å². The molecular weight excluding hydrogens is 906 g/mol. The van der Waals surface area contributed by atoms with E-state index in [2.05, 4.69) is 135 Å². The van der Waals surface area contributed by atoms with E-state index in [4.69, 9.17) is 24.3 Å². The third kappa shape index (κ3) is 55.6. The van der Waals surface area contributed by atoms with Crippen molar-refractivity contribution in [3.05, 3.63) is 122 Å². The molecule has 0 aromatic rings. The lowest BCUT2D eigenvalue weighted by Crippen LogP contribution is -2.29. The molecule has 0 aliphatic rings. The summed E-state index contributed by atoms with van der Waals surface area (Å²) in [5.41, 5.74) is 5.37. The molecule has 0 saturated heterocycles. The van der Waals surface area contributed by atoms with Crippen LogP contribution in [-0.2, 0) is 32.7 Å². The van der Waals surface area contributed by atoms with E-state index in [-0.39, 0.29) is 32.6 Å². The number of allylic oxidation sites excluding steroid dienone is 20. The fraction of sp³-hybridized carbons (Fsp3) is 0.639. The molecule has 9 nitrogen and oxygen atoms in total. The average molecular weight is 1010 g/mol. The molecule has 0 aromatic carbocycles. The molecular formula is C61H102NO8P. The predicted molar refractivity (Wildman–Crippen MR) is 302 cm³/mol. The highest BCUT2D eigenvalue weighted by Gasteiger charge is 2.26. The maximum absolute atomic E-state index is 12.7. The van der Waals surface area contributed by atoms with Crippen molar-refractivity contribution in [1.82, 2.24) is 0 Å². The van der Waals surface area contributed by atoms with Crippen molar-refractivity contribution in [3.63, 3.8) is 0 Å². The van der Waals surface area contributed by atoms with E-state index in [1.54, 1.807) is 0 Å². The summed E-state index contributed by atoms with van der Waals surface area (Å²) in [4.78, 5) is 35.1. The number of hydrogen-bond donors (Lipinski definition) is 2. The van der Waals surface area contributed by atoms with Gasteiger partial charge >= 0.3 is 19.8 Å². The Bertz CT molecular complexity index is 1570. The zero-order valence-corrected chi connectivity index (χ0v) is 45.8. The minimum absolute atomic E-state index is 0.0446. The maximum Gasteiger partial charge on any atom is 0.472 e. The van der Waals surface area contributed by atoms with Gasteiger partial charge in [-0.1, -0.05) is 219 Å². The van der Waals surface area contributed by atoms with E-state index in [0.29, 0.717) is 6.42 Å². The van der Waals surface area contributed by atoms with Crippen LogP contribution in [0, 0.1) is 0 Å². The number of esters is 2. The minimum Gasteiger partial charge on any atom is -0.462 e. The van der Waals surface area contributed by atoms with Gasteiger partial charge in [0.1, 0.15) is 6.61 Å². The quantitative estimate of drug-likeness (QED) is 0.0264. The van der Waals surface area contributed by atoms with Crippen LogP contribution in [0.15, 0.2) is 122 Å². The van der Waals surface area contributed by atoms with Crippen LogP contribution < -0.4 is 5.73 Å². The number of phosphoric ester groups is 1. The SMILES string of the molecule is CC/C=C\C/C=C\C/C=C\C/C=C\C/C=C\C/C=C\C/C=C\C/C=C\CCCCCCCCCCC(=O)OC(COC(=O)CCCCCCCCC/C=C\C/C=C\CCCCC)COP(=O)(O)OCCN. The largest absolute Gasteiger partial charge is 0.472 e. The van der Waals surface area contributed by atoms with Gasteiger partial charge in [-0.25, -0.2) is 4.57 Å². The molecule has 0 saturated carbocycles. The summed E-state index contributed by atoms with van der Waals surface area (Å²) >= 11 is 0. The molecule has 0 amide bonds. The Labute approximate surface area is 434 Å². The molecule has 0 aliphatic carbocycles. The average Bonchev–Trinajstić information content (AvgIpc) is 3.36. The van der Waals surface area contributed by atoms with Gasteiger partial charge in [0, 0.05) is 19.4 Å². The Morgan fingerprint density at radius 2 is 0.775 bits per heavy atom. The second-order valence-electron chi connectivity index (χ2n) is 18.1. The maximum atomic E-state index is 12.7. The number of phosphoric acid groups is 1. The van der Waals surface area contributed by atoms with Crippen molar-refractivity contribution in [2.24, 2.45) is 5.73 Å². The summed E-state index contributed by atoms with van der Waals surface area (Å²) in [6, 6.07) is 0. The molecule has 0 fully saturated rings. The molecule has 2 atom stereocenters. The molecule has 0 aromatic heterocycles. The normalized spacial score (nSPS) is 14.0. The van der Waals surface area contributed by atoms with Crippen LogP contribution in [0.3, 0.4) is 0 Å². The van der Waals surface area contributed by atoms with Crippen molar-refractivity contribution in [2.45, 2.75) is 225 Å². The molecule has 2 unspecified atom stereocenters. The lowest BCUT2D eigenvalue weighted by Gasteiger charge is -2.19. The van der Waals surface area contributed by atoms with Crippen molar-refractivity contribution >= 4 is 19.8 Å². The van der Waals surface area contributed by atoms with Gasteiger partial charge in [0.05, 0.1) is 13.2 Å². The molecule has 3 N–H and O–H groups in total. The third-order valence-electron chi connectivity index (χ3n) is 11.3. The summed E-state index contributed by atoms with van der Waals surface area (Å²) in [5.74, 6) is -0.853. The monoisotopic (exact) mass is 1010 g/mol. The Balaban J connectivity index is 4.05. The van der Waals surface area contributed by atoms with Crippen LogP contribution in [0.4, 0.5) is 0 Å². The number of carbonyl (C=O) groups is 2. The number of ether oxygens (including phenoxy) is 2. The Morgan fingerprint density at radius 3 is 1.15 bits per heavy atom. The molecule has 0 aliphatic heterocycles. The highest BCUT2D eigenvalue weighted by molar-refractivity contribution is 7.47. The summed E-state index contributed by atoms with van der Waals surface area (Å²) in [5, 5.41) is 0. The predicted octanol–water partition coefficient (Wildman–Crippen LogP) is 17.6. The van der Waals surface area contributed by atoms with Crippen LogP contribution in [-0.4, -0.2) is 49.3 Å². The fourth-order valence-electron chi connectivity index (χ4n) is 7.21. The van der Waals surface area contributed by atoms with Crippen LogP contribution in [0.2, 0.25) is 0 Å². The topological polar surface area (TPSA) is 134 Å². The van der Waals surface area contributed by atoms with E-state index < -0.39 is 32.5 Å². The highest BCUT2D eigenvalue weighted by atomic mass is 31.2. The zero-order chi connectivity index (χ0) is 51.7. The first-order valence-corrected chi connectivity index (χ1v) is 29.5.